The molecule has 2 heterocycles. The molecule has 5 rings (SSSR count). The molecule has 12 nitrogen and oxygen atoms in total. The minimum atomic E-state index is -1.05. The van der Waals surface area contributed by atoms with Crippen molar-refractivity contribution in [2.45, 2.75) is 62.6 Å². The predicted octanol–water partition coefficient (Wildman–Crippen LogP) is 2.50. The SMILES string of the molecule is COCCC(=O)N1C[C@@H]2C[C@H]1CN2C(=O)CCC[C@H](NC(=O)OCC1c2ccccc2-c2ccccc21)C(=O)NCCC(=O)O. The number of carboxylic acids is 1. The smallest absolute Gasteiger partial charge is 0.407 e. The van der Waals surface area contributed by atoms with E-state index in [0.717, 1.165) is 28.7 Å². The van der Waals surface area contributed by atoms with Gasteiger partial charge in [0.15, 0.2) is 0 Å². The fourth-order valence-electron chi connectivity index (χ4n) is 6.68. The van der Waals surface area contributed by atoms with Crippen molar-refractivity contribution in [2.75, 3.05) is 40.0 Å². The molecule has 2 fully saturated rings. The Morgan fingerprint density at radius 1 is 0.889 bits per heavy atom. The van der Waals surface area contributed by atoms with Crippen LogP contribution in [0, 0.1) is 0 Å². The highest BCUT2D eigenvalue weighted by atomic mass is 16.5. The molecule has 0 spiro atoms. The summed E-state index contributed by atoms with van der Waals surface area (Å²) in [5.41, 5.74) is 4.32. The van der Waals surface area contributed by atoms with E-state index in [4.69, 9.17) is 14.6 Å². The van der Waals surface area contributed by atoms with Crippen LogP contribution in [0.15, 0.2) is 48.5 Å². The molecule has 2 aromatic rings. The monoisotopic (exact) mass is 620 g/mol. The average molecular weight is 621 g/mol. The Morgan fingerprint density at radius 3 is 2.07 bits per heavy atom. The first-order valence-electron chi connectivity index (χ1n) is 15.5. The van der Waals surface area contributed by atoms with E-state index < -0.39 is 24.0 Å². The van der Waals surface area contributed by atoms with E-state index in [2.05, 4.69) is 10.6 Å². The maximum Gasteiger partial charge on any atom is 0.407 e. The number of hydrogen-bond acceptors (Lipinski definition) is 7. The summed E-state index contributed by atoms with van der Waals surface area (Å²) in [6, 6.07) is 14.9. The van der Waals surface area contributed by atoms with Crippen LogP contribution < -0.4 is 10.6 Å². The number of amides is 4. The molecule has 2 aliphatic heterocycles. The number of fused-ring (bicyclic) bond motifs is 5. The van der Waals surface area contributed by atoms with Gasteiger partial charge in [0.2, 0.25) is 17.7 Å². The Kier molecular flexibility index (Phi) is 10.3. The summed E-state index contributed by atoms with van der Waals surface area (Å²) >= 11 is 0. The number of ether oxygens (including phenoxy) is 2. The highest BCUT2D eigenvalue weighted by Crippen LogP contribution is 2.44. The number of carbonyl (C=O) groups excluding carboxylic acids is 4. The second-order valence-electron chi connectivity index (χ2n) is 11.7. The fourth-order valence-corrected chi connectivity index (χ4v) is 6.68. The highest BCUT2D eigenvalue weighted by molar-refractivity contribution is 5.86. The number of carboxylic acid groups (broad SMARTS) is 1. The van der Waals surface area contributed by atoms with Gasteiger partial charge in [-0.15, -0.1) is 0 Å². The maximum atomic E-state index is 13.1. The summed E-state index contributed by atoms with van der Waals surface area (Å²) < 4.78 is 10.6. The van der Waals surface area contributed by atoms with E-state index in [1.165, 1.54) is 0 Å². The number of nitrogens with one attached hydrogen (secondary N) is 2. The van der Waals surface area contributed by atoms with Crippen molar-refractivity contribution in [3.63, 3.8) is 0 Å². The number of likely N-dealkylation sites (tertiary alicyclic amines) is 2. The molecular formula is C33H40N4O8. The summed E-state index contributed by atoms with van der Waals surface area (Å²) in [7, 11) is 1.56. The number of carbonyl (C=O) groups is 5. The van der Waals surface area contributed by atoms with Crippen LogP contribution in [-0.4, -0.2) is 103 Å². The molecule has 12 heteroatoms. The normalized spacial score (nSPS) is 18.7. The Bertz CT molecular complexity index is 1390. The molecule has 4 amide bonds. The lowest BCUT2D eigenvalue weighted by atomic mass is 9.98. The molecule has 1 aliphatic carbocycles. The maximum absolute atomic E-state index is 13.1. The summed E-state index contributed by atoms with van der Waals surface area (Å²) in [6.07, 6.45) is 0.707. The molecule has 0 aromatic heterocycles. The number of aliphatic carboxylic acids is 1. The molecule has 240 valence electrons. The largest absolute Gasteiger partial charge is 0.481 e. The molecule has 2 aromatic carbocycles. The van der Waals surface area contributed by atoms with Crippen LogP contribution >= 0.6 is 0 Å². The summed E-state index contributed by atoms with van der Waals surface area (Å²) in [6.45, 7) is 1.35. The first kappa shape index (κ1) is 32.0. The molecule has 2 saturated heterocycles. The van der Waals surface area contributed by atoms with E-state index >= 15 is 0 Å². The van der Waals surface area contributed by atoms with Crippen LogP contribution in [0.3, 0.4) is 0 Å². The van der Waals surface area contributed by atoms with E-state index in [9.17, 15) is 24.0 Å². The van der Waals surface area contributed by atoms with Gasteiger partial charge in [0, 0.05) is 39.1 Å². The van der Waals surface area contributed by atoms with Gasteiger partial charge in [-0.2, -0.15) is 0 Å². The van der Waals surface area contributed by atoms with Gasteiger partial charge >= 0.3 is 12.1 Å². The van der Waals surface area contributed by atoms with E-state index in [1.807, 2.05) is 58.3 Å². The van der Waals surface area contributed by atoms with Crippen molar-refractivity contribution in [3.8, 4) is 11.1 Å². The van der Waals surface area contributed by atoms with Crippen LogP contribution in [0.4, 0.5) is 4.79 Å². The Labute approximate surface area is 262 Å². The summed E-state index contributed by atoms with van der Waals surface area (Å²) in [5, 5.41) is 14.1. The Balaban J connectivity index is 1.14. The van der Waals surface area contributed by atoms with Gasteiger partial charge in [-0.3, -0.25) is 19.2 Å². The van der Waals surface area contributed by atoms with Gasteiger partial charge in [-0.05, 0) is 41.5 Å². The van der Waals surface area contributed by atoms with E-state index in [1.54, 1.807) is 7.11 Å². The van der Waals surface area contributed by atoms with Gasteiger partial charge < -0.3 is 35.0 Å². The molecule has 3 atom stereocenters. The molecule has 3 aliphatic rings. The summed E-state index contributed by atoms with van der Waals surface area (Å²) in [5.74, 6) is -1.76. The quantitative estimate of drug-likeness (QED) is 0.291. The highest BCUT2D eigenvalue weighted by Gasteiger charge is 2.46. The molecule has 0 saturated carbocycles. The van der Waals surface area contributed by atoms with Crippen molar-refractivity contribution in [1.82, 2.24) is 20.4 Å². The van der Waals surface area contributed by atoms with Crippen LogP contribution in [-0.2, 0) is 28.7 Å². The topological polar surface area (TPSA) is 155 Å². The number of hydrogen-bond donors (Lipinski definition) is 3. The minimum Gasteiger partial charge on any atom is -0.481 e. The Hall–Kier alpha value is -4.45. The van der Waals surface area contributed by atoms with Crippen LogP contribution in [0.2, 0.25) is 0 Å². The Morgan fingerprint density at radius 2 is 1.49 bits per heavy atom. The van der Waals surface area contributed by atoms with Crippen LogP contribution in [0.1, 0.15) is 55.6 Å². The number of nitrogens with zero attached hydrogens (tertiary/aromatic N) is 2. The van der Waals surface area contributed by atoms with Crippen molar-refractivity contribution < 1.29 is 38.6 Å². The fraction of sp³-hybridized carbons (Fsp3) is 0.485. The van der Waals surface area contributed by atoms with Gasteiger partial charge in [-0.25, -0.2) is 4.79 Å². The summed E-state index contributed by atoms with van der Waals surface area (Å²) in [4.78, 5) is 66.0. The first-order valence-corrected chi connectivity index (χ1v) is 15.5. The lowest BCUT2D eigenvalue weighted by Crippen LogP contribution is -2.51. The minimum absolute atomic E-state index is 0.00584. The average Bonchev–Trinajstić information content (AvgIpc) is 3.74. The van der Waals surface area contributed by atoms with E-state index in [0.29, 0.717) is 32.5 Å². The number of alkyl carbamates (subject to hydrolysis) is 1. The second kappa shape index (κ2) is 14.6. The molecule has 45 heavy (non-hydrogen) atoms. The van der Waals surface area contributed by atoms with Crippen LogP contribution in [0.5, 0.6) is 0 Å². The van der Waals surface area contributed by atoms with Crippen molar-refractivity contribution in [2.24, 2.45) is 0 Å². The molecule has 0 unspecified atom stereocenters. The number of methoxy groups -OCH3 is 1. The second-order valence-corrected chi connectivity index (χ2v) is 11.7. The standard InChI is InChI=1S/C33H40N4O8/c1-44-16-14-30(39)37-19-21-17-22(37)18-36(21)29(38)12-6-11-28(32(42)34-15-13-31(40)41)35-33(43)45-20-27-25-9-4-2-7-23(25)24-8-3-5-10-26(24)27/h2-5,7-10,21-22,27-28H,6,11-20H2,1H3,(H,34,42)(H,35,43)(H,40,41)/t21-,22-,28-/m0/s1. The lowest BCUT2D eigenvalue weighted by Gasteiger charge is -2.34. The van der Waals surface area contributed by atoms with Gasteiger partial charge in [-0.1, -0.05) is 48.5 Å². The van der Waals surface area contributed by atoms with Gasteiger partial charge in [0.05, 0.1) is 31.5 Å². The molecular weight excluding hydrogens is 580 g/mol. The lowest BCUT2D eigenvalue weighted by molar-refractivity contribution is -0.140. The third-order valence-electron chi connectivity index (χ3n) is 8.88. The number of piperazine rings is 1. The zero-order chi connectivity index (χ0) is 31.9. The number of benzene rings is 2. The van der Waals surface area contributed by atoms with Crippen molar-refractivity contribution in [1.29, 1.82) is 0 Å². The zero-order valence-corrected chi connectivity index (χ0v) is 25.4. The number of rotatable bonds is 14. The first-order chi connectivity index (χ1) is 21.8. The predicted molar refractivity (Wildman–Crippen MR) is 163 cm³/mol. The van der Waals surface area contributed by atoms with Crippen molar-refractivity contribution in [3.05, 3.63) is 59.7 Å². The van der Waals surface area contributed by atoms with E-state index in [-0.39, 0.29) is 62.2 Å². The third kappa shape index (κ3) is 7.44. The molecule has 0 radical (unpaired) electrons. The van der Waals surface area contributed by atoms with Gasteiger partial charge in [0.25, 0.3) is 0 Å². The zero-order valence-electron chi connectivity index (χ0n) is 25.4. The molecule has 2 bridgehead atoms. The molecule has 3 N–H and O–H groups in total. The third-order valence-corrected chi connectivity index (χ3v) is 8.88. The van der Waals surface area contributed by atoms with Crippen molar-refractivity contribution >= 4 is 29.8 Å². The van der Waals surface area contributed by atoms with Gasteiger partial charge in [0.1, 0.15) is 12.6 Å². The van der Waals surface area contributed by atoms with Crippen LogP contribution in [0.25, 0.3) is 11.1 Å².